The number of nitrogens with one attached hydrogen (secondary N) is 1. The van der Waals surface area contributed by atoms with E-state index in [0.717, 1.165) is 33.3 Å². The molecule has 3 aromatic rings. The standard InChI is InChI=1S/C24H21BrN2O2/c1-16-6-9-18(10-7-16)24(29)27-13-12-19-14-17(8-11-22(19)27)15-26-23(28)20-4-2-3-5-21(20)25/h2-11,14H,12-13,15H2,1H3,(H,26,28). The van der Waals surface area contributed by atoms with E-state index in [-0.39, 0.29) is 11.8 Å². The van der Waals surface area contributed by atoms with Crippen LogP contribution in [0, 0.1) is 6.92 Å². The number of fused-ring (bicyclic) bond motifs is 1. The maximum atomic E-state index is 12.9. The molecule has 0 fully saturated rings. The third-order valence-corrected chi connectivity index (χ3v) is 5.85. The summed E-state index contributed by atoms with van der Waals surface area (Å²) in [6, 6.07) is 21.1. The molecule has 1 N–H and O–H groups in total. The van der Waals surface area contributed by atoms with E-state index < -0.39 is 0 Å². The van der Waals surface area contributed by atoms with Gasteiger partial charge in [-0.05, 0) is 70.7 Å². The van der Waals surface area contributed by atoms with Crippen LogP contribution in [0.1, 0.15) is 37.4 Å². The minimum absolute atomic E-state index is 0.0266. The molecular weight excluding hydrogens is 428 g/mol. The molecule has 1 aliphatic heterocycles. The van der Waals surface area contributed by atoms with Gasteiger partial charge in [-0.25, -0.2) is 0 Å². The first-order valence-corrected chi connectivity index (χ1v) is 10.4. The number of anilines is 1. The van der Waals surface area contributed by atoms with Crippen molar-refractivity contribution in [3.05, 3.63) is 99.0 Å². The molecular formula is C24H21BrN2O2. The molecule has 1 heterocycles. The number of halogens is 1. The molecule has 4 nitrogen and oxygen atoms in total. The number of carbonyl (C=O) groups is 2. The van der Waals surface area contributed by atoms with Gasteiger partial charge in [-0.2, -0.15) is 0 Å². The Labute approximate surface area is 178 Å². The van der Waals surface area contributed by atoms with Gasteiger partial charge < -0.3 is 10.2 Å². The molecule has 0 radical (unpaired) electrons. The van der Waals surface area contributed by atoms with E-state index in [1.165, 1.54) is 0 Å². The Morgan fingerprint density at radius 1 is 1.03 bits per heavy atom. The van der Waals surface area contributed by atoms with Crippen molar-refractivity contribution in [3.8, 4) is 0 Å². The fourth-order valence-corrected chi connectivity index (χ4v) is 4.02. The van der Waals surface area contributed by atoms with E-state index in [1.54, 1.807) is 6.07 Å². The highest BCUT2D eigenvalue weighted by atomic mass is 79.9. The van der Waals surface area contributed by atoms with Gasteiger partial charge in [0, 0.05) is 28.8 Å². The second-order valence-corrected chi connectivity index (χ2v) is 8.05. The molecule has 0 unspecified atom stereocenters. The normalized spacial score (nSPS) is 12.6. The van der Waals surface area contributed by atoms with Crippen LogP contribution >= 0.6 is 15.9 Å². The number of nitrogens with zero attached hydrogens (tertiary/aromatic N) is 1. The molecule has 146 valence electrons. The zero-order valence-corrected chi connectivity index (χ0v) is 17.7. The first kappa shape index (κ1) is 19.4. The summed E-state index contributed by atoms with van der Waals surface area (Å²) >= 11 is 3.41. The van der Waals surface area contributed by atoms with Gasteiger partial charge in [0.25, 0.3) is 11.8 Å². The molecule has 5 heteroatoms. The first-order chi connectivity index (χ1) is 14.0. The minimum atomic E-state index is -0.117. The zero-order chi connectivity index (χ0) is 20.4. The second kappa shape index (κ2) is 8.21. The van der Waals surface area contributed by atoms with Crippen LogP contribution in [-0.2, 0) is 13.0 Å². The quantitative estimate of drug-likeness (QED) is 0.617. The summed E-state index contributed by atoms with van der Waals surface area (Å²) in [5, 5.41) is 2.96. The Hall–Kier alpha value is -2.92. The molecule has 1 aliphatic rings. The maximum Gasteiger partial charge on any atom is 0.258 e. The lowest BCUT2D eigenvalue weighted by molar-refractivity contribution is 0.0948. The lowest BCUT2D eigenvalue weighted by Gasteiger charge is -2.18. The molecule has 3 aromatic carbocycles. The smallest absolute Gasteiger partial charge is 0.258 e. The van der Waals surface area contributed by atoms with Crippen LogP contribution in [0.4, 0.5) is 5.69 Å². The SMILES string of the molecule is Cc1ccc(C(=O)N2CCc3cc(CNC(=O)c4ccccc4Br)ccc32)cc1. The van der Waals surface area contributed by atoms with E-state index in [4.69, 9.17) is 0 Å². The average molecular weight is 449 g/mol. The maximum absolute atomic E-state index is 12.9. The summed E-state index contributed by atoms with van der Waals surface area (Å²) in [6.45, 7) is 3.13. The van der Waals surface area contributed by atoms with Gasteiger partial charge in [-0.1, -0.05) is 42.0 Å². The van der Waals surface area contributed by atoms with Crippen LogP contribution in [0.25, 0.3) is 0 Å². The highest BCUT2D eigenvalue weighted by molar-refractivity contribution is 9.10. The Bertz CT molecular complexity index is 1080. The van der Waals surface area contributed by atoms with Crippen LogP contribution < -0.4 is 10.2 Å². The van der Waals surface area contributed by atoms with Crippen molar-refractivity contribution in [1.82, 2.24) is 5.32 Å². The van der Waals surface area contributed by atoms with Gasteiger partial charge in [0.05, 0.1) is 5.56 Å². The van der Waals surface area contributed by atoms with Gasteiger partial charge in [0.2, 0.25) is 0 Å². The number of hydrogen-bond acceptors (Lipinski definition) is 2. The number of hydrogen-bond donors (Lipinski definition) is 1. The monoisotopic (exact) mass is 448 g/mol. The third-order valence-electron chi connectivity index (χ3n) is 5.15. The zero-order valence-electron chi connectivity index (χ0n) is 16.1. The van der Waals surface area contributed by atoms with Crippen molar-refractivity contribution in [3.63, 3.8) is 0 Å². The molecule has 0 saturated heterocycles. The van der Waals surface area contributed by atoms with Crippen LogP contribution in [-0.4, -0.2) is 18.4 Å². The van der Waals surface area contributed by atoms with Crippen molar-refractivity contribution in [2.75, 3.05) is 11.4 Å². The number of amides is 2. The molecule has 0 bridgehead atoms. The first-order valence-electron chi connectivity index (χ1n) is 9.56. The highest BCUT2D eigenvalue weighted by Gasteiger charge is 2.25. The predicted molar refractivity (Wildman–Crippen MR) is 118 cm³/mol. The molecule has 0 aromatic heterocycles. The molecule has 0 saturated carbocycles. The van der Waals surface area contributed by atoms with E-state index in [0.29, 0.717) is 24.2 Å². The summed E-state index contributed by atoms with van der Waals surface area (Å²) in [5.41, 5.74) is 5.57. The molecule has 4 rings (SSSR count). The molecule has 29 heavy (non-hydrogen) atoms. The lowest BCUT2D eigenvalue weighted by atomic mass is 10.1. The Kier molecular flexibility index (Phi) is 5.49. The summed E-state index contributed by atoms with van der Waals surface area (Å²) < 4.78 is 0.775. The van der Waals surface area contributed by atoms with E-state index >= 15 is 0 Å². The van der Waals surface area contributed by atoms with E-state index in [1.807, 2.05) is 66.4 Å². The predicted octanol–water partition coefficient (Wildman–Crippen LogP) is 4.89. The molecule has 0 aliphatic carbocycles. The molecule has 0 atom stereocenters. The largest absolute Gasteiger partial charge is 0.348 e. The van der Waals surface area contributed by atoms with Crippen LogP contribution in [0.15, 0.2) is 71.2 Å². The van der Waals surface area contributed by atoms with Crippen molar-refractivity contribution >= 4 is 33.4 Å². The van der Waals surface area contributed by atoms with Gasteiger partial charge in [0.1, 0.15) is 0 Å². The average Bonchev–Trinajstić information content (AvgIpc) is 3.15. The van der Waals surface area contributed by atoms with Crippen LogP contribution in [0.5, 0.6) is 0 Å². The molecule has 0 spiro atoms. The number of carbonyl (C=O) groups excluding carboxylic acids is 2. The Morgan fingerprint density at radius 2 is 1.79 bits per heavy atom. The summed E-state index contributed by atoms with van der Waals surface area (Å²) in [5.74, 6) is -0.0899. The Morgan fingerprint density at radius 3 is 2.55 bits per heavy atom. The number of benzene rings is 3. The van der Waals surface area contributed by atoms with Gasteiger partial charge in [-0.15, -0.1) is 0 Å². The fourth-order valence-electron chi connectivity index (χ4n) is 3.55. The topological polar surface area (TPSA) is 49.4 Å². The summed E-state index contributed by atoms with van der Waals surface area (Å²) in [4.78, 5) is 27.1. The van der Waals surface area contributed by atoms with Gasteiger partial charge >= 0.3 is 0 Å². The Balaban J connectivity index is 1.46. The summed E-state index contributed by atoms with van der Waals surface area (Å²) in [6.07, 6.45) is 0.818. The number of aryl methyl sites for hydroxylation is 1. The van der Waals surface area contributed by atoms with Crippen molar-refractivity contribution in [2.24, 2.45) is 0 Å². The van der Waals surface area contributed by atoms with Gasteiger partial charge in [0.15, 0.2) is 0 Å². The van der Waals surface area contributed by atoms with Crippen molar-refractivity contribution in [1.29, 1.82) is 0 Å². The number of rotatable bonds is 4. The van der Waals surface area contributed by atoms with Crippen LogP contribution in [0.2, 0.25) is 0 Å². The second-order valence-electron chi connectivity index (χ2n) is 7.20. The fraction of sp³-hybridized carbons (Fsp3) is 0.167. The van der Waals surface area contributed by atoms with E-state index in [2.05, 4.69) is 27.3 Å². The minimum Gasteiger partial charge on any atom is -0.348 e. The summed E-state index contributed by atoms with van der Waals surface area (Å²) in [7, 11) is 0. The third kappa shape index (κ3) is 4.10. The van der Waals surface area contributed by atoms with E-state index in [9.17, 15) is 9.59 Å². The van der Waals surface area contributed by atoms with Crippen LogP contribution in [0.3, 0.4) is 0 Å². The lowest BCUT2D eigenvalue weighted by Crippen LogP contribution is -2.28. The molecule has 2 amide bonds. The van der Waals surface area contributed by atoms with Crippen molar-refractivity contribution < 1.29 is 9.59 Å². The van der Waals surface area contributed by atoms with Gasteiger partial charge in [-0.3, -0.25) is 9.59 Å². The van der Waals surface area contributed by atoms with Crippen molar-refractivity contribution in [2.45, 2.75) is 19.9 Å². The highest BCUT2D eigenvalue weighted by Crippen LogP contribution is 2.30.